The number of hydrogen-bond acceptors (Lipinski definition) is 4. The third-order valence-corrected chi connectivity index (χ3v) is 27.4. The number of fused-ring (bicyclic) bond motifs is 2. The molecule has 2 heterocycles. The van der Waals surface area contributed by atoms with Gasteiger partial charge in [-0.25, -0.2) is 0 Å². The van der Waals surface area contributed by atoms with Gasteiger partial charge in [-0.1, -0.05) is 65.2 Å². The zero-order valence-corrected chi connectivity index (χ0v) is 37.7. The Morgan fingerprint density at radius 1 is 0.533 bits per heavy atom. The molecule has 2 aromatic heterocycles. The quantitative estimate of drug-likeness (QED) is 0.0591. The SMILES string of the molecule is CCCCCCCCCCCCOc1c2c[c]([Sn]([CH3])([CH3])[CH3])sc2c(OCCCCCCCCCCCC)c2c[c]([Sn]([CH3])[CH3])sc12. The van der Waals surface area contributed by atoms with E-state index in [2.05, 4.69) is 50.7 Å². The monoisotopic (exact) mass is 871 g/mol. The molecule has 2 nitrogen and oxygen atoms in total. The minimum atomic E-state index is -2.27. The fourth-order valence-corrected chi connectivity index (χ4v) is 17.5. The molecule has 0 N–H and O–H groups in total. The molecule has 0 aliphatic rings. The van der Waals surface area contributed by atoms with Gasteiger partial charge in [0.25, 0.3) is 0 Å². The standard InChI is InChI=1S/C34H52O2S2.5CH3.2Sn/c1-3-5-7-9-11-13-15-17-19-21-25-35-31-29-23-27-38-34(29)32(30-24-28-37-33(30)31)36-26-22-20-18-16-14-12-10-8-6-4-2;;;;;;;/h23-24H,3-22,25-26H2,1-2H3;5*1H3;;. The van der Waals surface area contributed by atoms with Crippen LogP contribution in [-0.2, 0) is 0 Å². The van der Waals surface area contributed by atoms with Crippen molar-refractivity contribution in [3.63, 3.8) is 0 Å². The van der Waals surface area contributed by atoms with E-state index >= 15 is 0 Å². The summed E-state index contributed by atoms with van der Waals surface area (Å²) in [5.41, 5.74) is 0. The van der Waals surface area contributed by atoms with Gasteiger partial charge in [-0.05, 0) is 0 Å². The van der Waals surface area contributed by atoms with Gasteiger partial charge in [-0.15, -0.1) is 0 Å². The first-order valence-electron chi connectivity index (χ1n) is 18.9. The molecule has 6 heteroatoms. The Morgan fingerprint density at radius 3 is 1.31 bits per heavy atom. The molecule has 0 saturated carbocycles. The van der Waals surface area contributed by atoms with Crippen molar-refractivity contribution in [2.24, 2.45) is 0 Å². The summed E-state index contributed by atoms with van der Waals surface area (Å²) in [6.07, 6.45) is 27.2. The van der Waals surface area contributed by atoms with E-state index < -0.39 is 38.1 Å². The summed E-state index contributed by atoms with van der Waals surface area (Å²) in [6, 6.07) is 5.03. The molecule has 0 fully saturated rings. The van der Waals surface area contributed by atoms with Crippen molar-refractivity contribution in [3.05, 3.63) is 12.1 Å². The summed E-state index contributed by atoms with van der Waals surface area (Å²) in [5, 5.41) is 2.68. The third kappa shape index (κ3) is 13.6. The molecular weight excluding hydrogens is 802 g/mol. The molecular formula is C39H67O2S2Sn2. The van der Waals surface area contributed by atoms with Gasteiger partial charge in [0.1, 0.15) is 0 Å². The molecule has 0 aliphatic heterocycles. The summed E-state index contributed by atoms with van der Waals surface area (Å²) >= 11 is 0.260. The Labute approximate surface area is 297 Å². The number of benzene rings is 1. The van der Waals surface area contributed by atoms with Crippen LogP contribution in [0, 0.1) is 0 Å². The van der Waals surface area contributed by atoms with Crippen molar-refractivity contribution in [1.82, 2.24) is 0 Å². The summed E-state index contributed by atoms with van der Waals surface area (Å²) in [4.78, 5) is 12.6. The molecule has 0 aliphatic carbocycles. The number of thiophene rings is 2. The van der Waals surface area contributed by atoms with E-state index in [-0.39, 0.29) is 0 Å². The maximum absolute atomic E-state index is 6.80. The van der Waals surface area contributed by atoms with Gasteiger partial charge in [0.15, 0.2) is 0 Å². The first-order chi connectivity index (χ1) is 21.8. The van der Waals surface area contributed by atoms with Crippen LogP contribution in [0.25, 0.3) is 20.2 Å². The van der Waals surface area contributed by atoms with Crippen LogP contribution >= 0.6 is 22.7 Å². The Balaban J connectivity index is 1.66. The average molecular weight is 870 g/mol. The summed E-state index contributed by atoms with van der Waals surface area (Å²) < 4.78 is 19.6. The van der Waals surface area contributed by atoms with Crippen LogP contribution in [0.1, 0.15) is 142 Å². The maximum atomic E-state index is 6.80. The van der Waals surface area contributed by atoms with Crippen LogP contribution < -0.4 is 15.3 Å². The summed E-state index contributed by atoms with van der Waals surface area (Å²) in [7, 11) is 0. The Morgan fingerprint density at radius 2 is 0.911 bits per heavy atom. The van der Waals surface area contributed by atoms with Gasteiger partial charge in [0.2, 0.25) is 0 Å². The Hall–Kier alpha value is 0.337. The van der Waals surface area contributed by atoms with Gasteiger partial charge < -0.3 is 0 Å². The van der Waals surface area contributed by atoms with E-state index in [0.717, 1.165) is 26.1 Å². The fourth-order valence-electron chi connectivity index (χ4n) is 6.13. The second kappa shape index (κ2) is 22.1. The molecule has 3 rings (SSSR count). The number of hydrogen-bond donors (Lipinski definition) is 0. The van der Waals surface area contributed by atoms with Crippen molar-refractivity contribution < 1.29 is 9.47 Å². The third-order valence-electron chi connectivity index (χ3n) is 9.09. The van der Waals surface area contributed by atoms with E-state index in [4.69, 9.17) is 9.47 Å². The molecule has 0 saturated heterocycles. The molecule has 0 atom stereocenters. The van der Waals surface area contributed by atoms with E-state index in [0.29, 0.717) is 0 Å². The van der Waals surface area contributed by atoms with Crippen molar-refractivity contribution in [2.75, 3.05) is 13.2 Å². The predicted molar refractivity (Wildman–Crippen MR) is 212 cm³/mol. The normalized spacial score (nSPS) is 12.3. The van der Waals surface area contributed by atoms with Crippen LogP contribution in [0.15, 0.2) is 12.1 Å². The first kappa shape index (κ1) is 39.8. The van der Waals surface area contributed by atoms with Crippen molar-refractivity contribution in [2.45, 2.75) is 167 Å². The molecule has 0 spiro atoms. The van der Waals surface area contributed by atoms with Gasteiger partial charge in [0, 0.05) is 0 Å². The van der Waals surface area contributed by atoms with E-state index in [1.165, 1.54) is 147 Å². The van der Waals surface area contributed by atoms with Gasteiger partial charge in [0.05, 0.1) is 0 Å². The average Bonchev–Trinajstić information content (AvgIpc) is 3.65. The molecule has 255 valence electrons. The van der Waals surface area contributed by atoms with Crippen molar-refractivity contribution in [1.29, 1.82) is 0 Å². The summed E-state index contributed by atoms with van der Waals surface area (Å²) in [5.74, 6) is 2.34. The van der Waals surface area contributed by atoms with Crippen LogP contribution in [0.2, 0.25) is 24.7 Å². The van der Waals surface area contributed by atoms with Crippen LogP contribution in [0.3, 0.4) is 0 Å². The summed E-state index contributed by atoms with van der Waals surface area (Å²) in [6.45, 7) is 6.27. The van der Waals surface area contributed by atoms with Gasteiger partial charge in [-0.3, -0.25) is 0 Å². The van der Waals surface area contributed by atoms with Gasteiger partial charge in [-0.2, -0.15) is 0 Å². The second-order valence-electron chi connectivity index (χ2n) is 14.7. The number of ether oxygens (including phenoxy) is 2. The molecule has 0 bridgehead atoms. The molecule has 1 aromatic carbocycles. The molecule has 45 heavy (non-hydrogen) atoms. The zero-order valence-electron chi connectivity index (χ0n) is 30.3. The van der Waals surface area contributed by atoms with Gasteiger partial charge >= 0.3 is 235 Å². The molecule has 0 amide bonds. The van der Waals surface area contributed by atoms with E-state index in [1.807, 2.05) is 22.7 Å². The van der Waals surface area contributed by atoms with E-state index in [1.54, 1.807) is 5.79 Å². The topological polar surface area (TPSA) is 18.5 Å². The van der Waals surface area contributed by atoms with Crippen LogP contribution in [0.5, 0.6) is 11.5 Å². The first-order valence-corrected chi connectivity index (χ1v) is 37.6. The second-order valence-corrected chi connectivity index (χ2v) is 40.5. The molecule has 3 aromatic rings. The number of unbranched alkanes of at least 4 members (excludes halogenated alkanes) is 18. The Bertz CT molecular complexity index is 1140. The molecule has 0 unspecified atom stereocenters. The van der Waals surface area contributed by atoms with Crippen LogP contribution in [-0.4, -0.2) is 51.4 Å². The fraction of sp³-hybridized carbons (Fsp3) is 0.744. The van der Waals surface area contributed by atoms with Crippen molar-refractivity contribution >= 4 is 86.8 Å². The van der Waals surface area contributed by atoms with Crippen molar-refractivity contribution in [3.8, 4) is 11.5 Å². The molecule has 1 radical (unpaired) electrons. The number of rotatable bonds is 26. The zero-order chi connectivity index (χ0) is 32.5. The predicted octanol–water partition coefficient (Wildman–Crippen LogP) is 13.2. The minimum absolute atomic E-state index is 0.834. The Kier molecular flexibility index (Phi) is 19.6. The van der Waals surface area contributed by atoms with Crippen LogP contribution in [0.4, 0.5) is 0 Å². The van der Waals surface area contributed by atoms with E-state index in [9.17, 15) is 0 Å².